The maximum absolute atomic E-state index is 12.4. The zero-order chi connectivity index (χ0) is 17.0. The van der Waals surface area contributed by atoms with Crippen LogP contribution in [0.25, 0.3) is 0 Å². The molecule has 1 aliphatic heterocycles. The zero-order valence-corrected chi connectivity index (χ0v) is 14.3. The first-order valence-electron chi connectivity index (χ1n) is 7.56. The molecular weight excluding hydrogens is 286 g/mol. The molecule has 1 aliphatic rings. The molecule has 0 N–H and O–H groups in total. The van der Waals surface area contributed by atoms with Gasteiger partial charge in [0.25, 0.3) is 0 Å². The van der Waals surface area contributed by atoms with Gasteiger partial charge in [0.15, 0.2) is 0 Å². The third-order valence-corrected chi connectivity index (χ3v) is 3.11. The standard InChI is InChI=1S/C16H27NO5/c1-7-20-13(18)10-8-9-12-11-21-16(5,6)17(12)14(19)22-15(2,3)4/h8,10,12H,7,9,11H2,1-6H3/t12-/m1/s1. The molecular formula is C16H27NO5. The summed E-state index contributed by atoms with van der Waals surface area (Å²) < 4.78 is 16.0. The third-order valence-electron chi connectivity index (χ3n) is 3.11. The molecule has 126 valence electrons. The number of amides is 1. The Hall–Kier alpha value is -1.56. The van der Waals surface area contributed by atoms with Gasteiger partial charge < -0.3 is 14.2 Å². The second-order valence-corrected chi connectivity index (χ2v) is 6.65. The van der Waals surface area contributed by atoms with Gasteiger partial charge in [0.1, 0.15) is 11.3 Å². The molecule has 0 bridgehead atoms. The Morgan fingerprint density at radius 1 is 1.36 bits per heavy atom. The normalized spacial score (nSPS) is 21.2. The van der Waals surface area contributed by atoms with Gasteiger partial charge in [-0.05, 0) is 48.0 Å². The summed E-state index contributed by atoms with van der Waals surface area (Å²) in [4.78, 5) is 25.3. The van der Waals surface area contributed by atoms with Crippen LogP contribution in [0.3, 0.4) is 0 Å². The van der Waals surface area contributed by atoms with Crippen LogP contribution in [0.15, 0.2) is 12.2 Å². The predicted molar refractivity (Wildman–Crippen MR) is 82.3 cm³/mol. The van der Waals surface area contributed by atoms with Crippen LogP contribution in [-0.4, -0.2) is 47.5 Å². The van der Waals surface area contributed by atoms with Crippen molar-refractivity contribution in [3.8, 4) is 0 Å². The van der Waals surface area contributed by atoms with E-state index in [-0.39, 0.29) is 12.0 Å². The Labute approximate surface area is 132 Å². The lowest BCUT2D eigenvalue weighted by atomic mass is 10.1. The van der Waals surface area contributed by atoms with Crippen LogP contribution in [0.1, 0.15) is 48.0 Å². The zero-order valence-electron chi connectivity index (χ0n) is 14.3. The smallest absolute Gasteiger partial charge is 0.412 e. The van der Waals surface area contributed by atoms with Gasteiger partial charge in [0.05, 0.1) is 19.3 Å². The van der Waals surface area contributed by atoms with E-state index in [1.165, 1.54) is 6.08 Å². The number of hydrogen-bond acceptors (Lipinski definition) is 5. The highest BCUT2D eigenvalue weighted by molar-refractivity contribution is 5.81. The van der Waals surface area contributed by atoms with Crippen LogP contribution >= 0.6 is 0 Å². The van der Waals surface area contributed by atoms with E-state index in [9.17, 15) is 9.59 Å². The highest BCUT2D eigenvalue weighted by Crippen LogP contribution is 2.30. The summed E-state index contributed by atoms with van der Waals surface area (Å²) in [5, 5.41) is 0. The predicted octanol–water partition coefficient (Wildman–Crippen LogP) is 2.87. The molecule has 0 aliphatic carbocycles. The number of carbonyl (C=O) groups excluding carboxylic acids is 2. The van der Waals surface area contributed by atoms with E-state index in [4.69, 9.17) is 14.2 Å². The molecule has 0 saturated carbocycles. The fourth-order valence-corrected chi connectivity index (χ4v) is 2.25. The topological polar surface area (TPSA) is 65.1 Å². The van der Waals surface area contributed by atoms with Crippen LogP contribution in [0.5, 0.6) is 0 Å². The van der Waals surface area contributed by atoms with Gasteiger partial charge >= 0.3 is 12.1 Å². The Bertz CT molecular complexity index is 436. The van der Waals surface area contributed by atoms with E-state index < -0.39 is 17.4 Å². The molecule has 0 aromatic carbocycles. The molecule has 0 aromatic heterocycles. The third kappa shape index (κ3) is 5.33. The minimum Gasteiger partial charge on any atom is -0.463 e. The molecule has 0 spiro atoms. The molecule has 0 unspecified atom stereocenters. The van der Waals surface area contributed by atoms with E-state index in [0.717, 1.165) is 0 Å². The van der Waals surface area contributed by atoms with E-state index in [1.54, 1.807) is 17.9 Å². The van der Waals surface area contributed by atoms with E-state index in [1.807, 2.05) is 34.6 Å². The van der Waals surface area contributed by atoms with Crippen LogP contribution in [0, 0.1) is 0 Å². The fourth-order valence-electron chi connectivity index (χ4n) is 2.25. The minimum absolute atomic E-state index is 0.171. The van der Waals surface area contributed by atoms with E-state index in [2.05, 4.69) is 0 Å². The van der Waals surface area contributed by atoms with Crippen molar-refractivity contribution in [2.45, 2.75) is 65.3 Å². The van der Waals surface area contributed by atoms with Crippen molar-refractivity contribution in [3.05, 3.63) is 12.2 Å². The van der Waals surface area contributed by atoms with Crippen molar-refractivity contribution in [2.75, 3.05) is 13.2 Å². The first kappa shape index (κ1) is 18.5. The van der Waals surface area contributed by atoms with Crippen LogP contribution in [-0.2, 0) is 19.0 Å². The van der Waals surface area contributed by atoms with Gasteiger partial charge in [-0.25, -0.2) is 9.59 Å². The SMILES string of the molecule is CCOC(=O)C=CC[C@@H]1COC(C)(C)N1C(=O)OC(C)(C)C. The first-order chi connectivity index (χ1) is 10.1. The highest BCUT2D eigenvalue weighted by atomic mass is 16.6. The second-order valence-electron chi connectivity index (χ2n) is 6.65. The molecule has 1 amide bonds. The lowest BCUT2D eigenvalue weighted by Crippen LogP contribution is -2.49. The largest absolute Gasteiger partial charge is 0.463 e. The van der Waals surface area contributed by atoms with Crippen molar-refractivity contribution in [1.82, 2.24) is 4.90 Å². The number of esters is 1. The number of ether oxygens (including phenoxy) is 3. The average molecular weight is 313 g/mol. The molecule has 1 atom stereocenters. The lowest BCUT2D eigenvalue weighted by molar-refractivity contribution is -0.137. The Kier molecular flexibility index (Phi) is 6.00. The van der Waals surface area contributed by atoms with E-state index >= 15 is 0 Å². The lowest BCUT2D eigenvalue weighted by Gasteiger charge is -2.34. The summed E-state index contributed by atoms with van der Waals surface area (Å²) in [6.07, 6.45) is 3.17. The average Bonchev–Trinajstić information content (AvgIpc) is 2.62. The number of nitrogens with zero attached hydrogens (tertiary/aromatic N) is 1. The van der Waals surface area contributed by atoms with Crippen molar-refractivity contribution in [2.24, 2.45) is 0 Å². The number of rotatable bonds is 4. The van der Waals surface area contributed by atoms with Gasteiger partial charge in [0, 0.05) is 6.08 Å². The summed E-state index contributed by atoms with van der Waals surface area (Å²) >= 11 is 0. The maximum Gasteiger partial charge on any atom is 0.412 e. The van der Waals surface area contributed by atoms with Crippen molar-refractivity contribution >= 4 is 12.1 Å². The molecule has 6 heteroatoms. The molecule has 1 heterocycles. The van der Waals surface area contributed by atoms with Crippen molar-refractivity contribution < 1.29 is 23.8 Å². The maximum atomic E-state index is 12.4. The summed E-state index contributed by atoms with van der Waals surface area (Å²) in [6.45, 7) is 11.6. The minimum atomic E-state index is -0.731. The monoisotopic (exact) mass is 313 g/mol. The Balaban J connectivity index is 2.73. The van der Waals surface area contributed by atoms with Crippen LogP contribution in [0.2, 0.25) is 0 Å². The summed E-state index contributed by atoms with van der Waals surface area (Å²) in [5.41, 5.74) is -1.30. The Morgan fingerprint density at radius 2 is 2.00 bits per heavy atom. The quantitative estimate of drug-likeness (QED) is 0.590. The summed E-state index contributed by atoms with van der Waals surface area (Å²) in [7, 11) is 0. The van der Waals surface area contributed by atoms with E-state index in [0.29, 0.717) is 19.6 Å². The number of hydrogen-bond donors (Lipinski definition) is 0. The van der Waals surface area contributed by atoms with Crippen LogP contribution < -0.4 is 0 Å². The van der Waals surface area contributed by atoms with Crippen molar-refractivity contribution in [3.63, 3.8) is 0 Å². The summed E-state index contributed by atoms with van der Waals surface area (Å²) in [5.74, 6) is -0.385. The van der Waals surface area contributed by atoms with Gasteiger partial charge in [-0.1, -0.05) is 6.08 Å². The second kappa shape index (κ2) is 7.13. The molecule has 0 aromatic rings. The molecule has 1 saturated heterocycles. The van der Waals surface area contributed by atoms with Gasteiger partial charge in [-0.2, -0.15) is 0 Å². The number of carbonyl (C=O) groups is 2. The Morgan fingerprint density at radius 3 is 2.55 bits per heavy atom. The molecule has 6 nitrogen and oxygen atoms in total. The van der Waals surface area contributed by atoms with Gasteiger partial charge in [0.2, 0.25) is 0 Å². The van der Waals surface area contributed by atoms with Gasteiger partial charge in [-0.3, -0.25) is 4.90 Å². The van der Waals surface area contributed by atoms with Gasteiger partial charge in [-0.15, -0.1) is 0 Å². The fraction of sp³-hybridized carbons (Fsp3) is 0.750. The molecule has 1 fully saturated rings. The van der Waals surface area contributed by atoms with Crippen molar-refractivity contribution in [1.29, 1.82) is 0 Å². The molecule has 1 rings (SSSR count). The highest BCUT2D eigenvalue weighted by Gasteiger charge is 2.45. The van der Waals surface area contributed by atoms with Crippen LogP contribution in [0.4, 0.5) is 4.79 Å². The first-order valence-corrected chi connectivity index (χ1v) is 7.56. The molecule has 0 radical (unpaired) electrons. The molecule has 22 heavy (non-hydrogen) atoms. The summed E-state index contributed by atoms with van der Waals surface area (Å²) in [6, 6.07) is -0.171.